The van der Waals surface area contributed by atoms with Crippen molar-refractivity contribution in [1.29, 1.82) is 0 Å². The standard InChI is InChI=1S/C69H134O17P2/c1-7-10-12-14-15-16-29-35-41-47-53-68(73)85-64(57-79-66(71)51-45-37-13-11-8-2)59-83-87(75,76)81-55-63(70)56-82-88(77,78)84-60-65(58-80-67(72)52-46-40-34-30-25-22-21-23-27-32-38-43-49-61(4)5)86-69(74)54-48-42-36-31-26-20-18-17-19-24-28-33-39-44-50-62(6)9-3/h61-65,70H,7-60H2,1-6H3,(H,75,76)(H,77,78)/t62?,63-,64+,65+/m0/s1. The highest BCUT2D eigenvalue weighted by Gasteiger charge is 2.30. The van der Waals surface area contributed by atoms with Gasteiger partial charge in [0.25, 0.3) is 0 Å². The molecule has 0 spiro atoms. The zero-order chi connectivity index (χ0) is 65.0. The van der Waals surface area contributed by atoms with Crippen LogP contribution in [-0.4, -0.2) is 96.7 Å². The Morgan fingerprint density at radius 2 is 0.580 bits per heavy atom. The molecule has 522 valence electrons. The molecule has 0 saturated carbocycles. The fourth-order valence-electron chi connectivity index (χ4n) is 10.4. The predicted octanol–water partition coefficient (Wildman–Crippen LogP) is 19.6. The molecule has 0 amide bonds. The fourth-order valence-corrected chi connectivity index (χ4v) is 12.0. The van der Waals surface area contributed by atoms with Crippen molar-refractivity contribution in [2.24, 2.45) is 11.8 Å². The summed E-state index contributed by atoms with van der Waals surface area (Å²) >= 11 is 0. The van der Waals surface area contributed by atoms with Gasteiger partial charge < -0.3 is 33.8 Å². The first-order valence-electron chi connectivity index (χ1n) is 36.0. The topological polar surface area (TPSA) is 237 Å². The number of aliphatic hydroxyl groups excluding tert-OH is 1. The van der Waals surface area contributed by atoms with E-state index in [0.29, 0.717) is 25.7 Å². The quantitative estimate of drug-likeness (QED) is 0.0222. The van der Waals surface area contributed by atoms with Gasteiger partial charge in [-0.05, 0) is 37.5 Å². The molecule has 3 N–H and O–H groups in total. The van der Waals surface area contributed by atoms with E-state index in [1.54, 1.807) is 0 Å². The molecule has 0 bridgehead atoms. The van der Waals surface area contributed by atoms with Crippen molar-refractivity contribution >= 4 is 39.5 Å². The molecule has 0 aromatic carbocycles. The number of hydrogen-bond donors (Lipinski definition) is 3. The second-order valence-corrected chi connectivity index (χ2v) is 28.5. The summed E-state index contributed by atoms with van der Waals surface area (Å²) in [5.74, 6) is -0.509. The molecular formula is C69H134O17P2. The van der Waals surface area contributed by atoms with Gasteiger partial charge in [-0.15, -0.1) is 0 Å². The normalized spacial score (nSPS) is 14.5. The lowest BCUT2D eigenvalue weighted by Crippen LogP contribution is -2.30. The van der Waals surface area contributed by atoms with Crippen molar-refractivity contribution in [1.82, 2.24) is 0 Å². The van der Waals surface area contributed by atoms with E-state index in [9.17, 15) is 43.2 Å². The van der Waals surface area contributed by atoms with Crippen LogP contribution in [0.15, 0.2) is 0 Å². The van der Waals surface area contributed by atoms with Crippen LogP contribution < -0.4 is 0 Å². The summed E-state index contributed by atoms with van der Waals surface area (Å²) < 4.78 is 68.0. The Kier molecular flexibility index (Phi) is 59.9. The summed E-state index contributed by atoms with van der Waals surface area (Å²) in [6, 6.07) is 0. The number of carbonyl (C=O) groups excluding carboxylic acids is 4. The Balaban J connectivity index is 5.16. The van der Waals surface area contributed by atoms with Crippen molar-refractivity contribution in [2.45, 2.75) is 368 Å². The SMILES string of the molecule is CCCCCCCCCCCCC(=O)O[C@H](COC(=O)CCCCCCC)COP(=O)(O)OC[C@H](O)COP(=O)(O)OC[C@@H](COC(=O)CCCCCCCCCCCCCCC(C)C)OC(=O)CCCCCCCCCCCCCCCCC(C)CC. The smallest absolute Gasteiger partial charge is 0.462 e. The highest BCUT2D eigenvalue weighted by molar-refractivity contribution is 7.47. The second-order valence-electron chi connectivity index (χ2n) is 25.6. The second kappa shape index (κ2) is 61.3. The van der Waals surface area contributed by atoms with Crippen molar-refractivity contribution in [3.05, 3.63) is 0 Å². The van der Waals surface area contributed by atoms with Gasteiger partial charge in [0.15, 0.2) is 12.2 Å². The molecule has 0 saturated heterocycles. The molecule has 88 heavy (non-hydrogen) atoms. The third kappa shape index (κ3) is 61.6. The Labute approximate surface area is 537 Å². The monoisotopic (exact) mass is 1300 g/mol. The maximum Gasteiger partial charge on any atom is 0.472 e. The van der Waals surface area contributed by atoms with E-state index in [1.807, 2.05) is 0 Å². The lowest BCUT2D eigenvalue weighted by Gasteiger charge is -2.21. The predicted molar refractivity (Wildman–Crippen MR) is 354 cm³/mol. The van der Waals surface area contributed by atoms with E-state index in [0.717, 1.165) is 108 Å². The van der Waals surface area contributed by atoms with Gasteiger partial charge in [0.05, 0.1) is 26.4 Å². The molecule has 0 radical (unpaired) electrons. The Morgan fingerprint density at radius 1 is 0.330 bits per heavy atom. The summed E-state index contributed by atoms with van der Waals surface area (Å²) in [5.41, 5.74) is 0. The van der Waals surface area contributed by atoms with Crippen molar-refractivity contribution < 1.29 is 80.2 Å². The van der Waals surface area contributed by atoms with Crippen LogP contribution in [0.5, 0.6) is 0 Å². The lowest BCUT2D eigenvalue weighted by molar-refractivity contribution is -0.161. The van der Waals surface area contributed by atoms with Crippen LogP contribution in [0.25, 0.3) is 0 Å². The number of ether oxygens (including phenoxy) is 4. The number of phosphoric ester groups is 2. The number of aliphatic hydroxyl groups is 1. The molecule has 3 unspecified atom stereocenters. The molecule has 6 atom stereocenters. The summed E-state index contributed by atoms with van der Waals surface area (Å²) in [4.78, 5) is 72.2. The highest BCUT2D eigenvalue weighted by atomic mass is 31.2. The molecule has 0 rings (SSSR count). The van der Waals surface area contributed by atoms with E-state index < -0.39 is 97.5 Å². The first-order chi connectivity index (χ1) is 42.4. The summed E-state index contributed by atoms with van der Waals surface area (Å²) in [5, 5.41) is 10.5. The fraction of sp³-hybridized carbons (Fsp3) is 0.942. The molecule has 0 aliphatic rings. The molecule has 19 heteroatoms. The first-order valence-corrected chi connectivity index (χ1v) is 39.0. The Bertz CT molecular complexity index is 1720. The van der Waals surface area contributed by atoms with Gasteiger partial charge in [0, 0.05) is 25.7 Å². The molecule has 0 aliphatic carbocycles. The largest absolute Gasteiger partial charge is 0.472 e. The van der Waals surface area contributed by atoms with Crippen LogP contribution >= 0.6 is 15.6 Å². The van der Waals surface area contributed by atoms with Crippen LogP contribution in [0.2, 0.25) is 0 Å². The van der Waals surface area contributed by atoms with E-state index in [4.69, 9.17) is 37.0 Å². The first kappa shape index (κ1) is 86.1. The maximum absolute atomic E-state index is 13.0. The Morgan fingerprint density at radius 3 is 0.864 bits per heavy atom. The molecule has 17 nitrogen and oxygen atoms in total. The summed E-state index contributed by atoms with van der Waals surface area (Å²) in [7, 11) is -9.89. The minimum atomic E-state index is -4.95. The van der Waals surface area contributed by atoms with Crippen molar-refractivity contribution in [3.63, 3.8) is 0 Å². The number of rotatable bonds is 68. The van der Waals surface area contributed by atoms with Gasteiger partial charge >= 0.3 is 39.5 Å². The third-order valence-corrected chi connectivity index (χ3v) is 18.2. The molecule has 0 heterocycles. The summed E-state index contributed by atoms with van der Waals surface area (Å²) in [6.45, 7) is 9.51. The van der Waals surface area contributed by atoms with Gasteiger partial charge in [-0.2, -0.15) is 0 Å². The van der Waals surface area contributed by atoms with Gasteiger partial charge in [-0.1, -0.05) is 298 Å². The third-order valence-electron chi connectivity index (χ3n) is 16.3. The minimum Gasteiger partial charge on any atom is -0.462 e. The minimum absolute atomic E-state index is 0.105. The average molecular weight is 1300 g/mol. The van der Waals surface area contributed by atoms with Crippen molar-refractivity contribution in [2.75, 3.05) is 39.6 Å². The molecular weight excluding hydrogens is 1160 g/mol. The highest BCUT2D eigenvalue weighted by Crippen LogP contribution is 2.45. The van der Waals surface area contributed by atoms with Crippen LogP contribution in [0.3, 0.4) is 0 Å². The molecule has 0 aromatic rings. The van der Waals surface area contributed by atoms with Crippen LogP contribution in [0.4, 0.5) is 0 Å². The van der Waals surface area contributed by atoms with E-state index >= 15 is 0 Å². The molecule has 0 aliphatic heterocycles. The number of unbranched alkanes of at least 4 members (excludes halogenated alkanes) is 37. The zero-order valence-corrected chi connectivity index (χ0v) is 58.8. The van der Waals surface area contributed by atoms with Gasteiger partial charge in [0.2, 0.25) is 0 Å². The lowest BCUT2D eigenvalue weighted by atomic mass is 9.99. The average Bonchev–Trinajstić information content (AvgIpc) is 3.60. The van der Waals surface area contributed by atoms with Gasteiger partial charge in [-0.3, -0.25) is 37.3 Å². The Hall–Kier alpha value is -1.94. The summed E-state index contributed by atoms with van der Waals surface area (Å²) in [6.07, 6.45) is 46.1. The van der Waals surface area contributed by atoms with Crippen molar-refractivity contribution in [3.8, 4) is 0 Å². The van der Waals surface area contributed by atoms with Gasteiger partial charge in [-0.25, -0.2) is 9.13 Å². The van der Waals surface area contributed by atoms with Crippen LogP contribution in [-0.2, 0) is 65.4 Å². The number of hydrogen-bond acceptors (Lipinski definition) is 15. The maximum atomic E-state index is 13.0. The zero-order valence-electron chi connectivity index (χ0n) is 57.0. The van der Waals surface area contributed by atoms with Crippen LogP contribution in [0.1, 0.15) is 350 Å². The molecule has 0 fully saturated rings. The number of carbonyl (C=O) groups is 4. The number of esters is 4. The van der Waals surface area contributed by atoms with E-state index in [2.05, 4.69) is 41.5 Å². The molecule has 0 aromatic heterocycles. The van der Waals surface area contributed by atoms with Crippen LogP contribution in [0, 0.1) is 11.8 Å². The van der Waals surface area contributed by atoms with E-state index in [1.165, 1.54) is 161 Å². The van der Waals surface area contributed by atoms with Gasteiger partial charge in [0.1, 0.15) is 19.3 Å². The van der Waals surface area contributed by atoms with E-state index in [-0.39, 0.29) is 25.7 Å². The number of phosphoric acid groups is 2.